The fraction of sp³-hybridized carbons (Fsp3) is 0.435. The number of aromatic amines is 1. The number of aromatic nitrogens is 2. The van der Waals surface area contributed by atoms with Gasteiger partial charge in [0.15, 0.2) is 0 Å². The molecule has 0 saturated carbocycles. The number of hydrogen-bond donors (Lipinski definition) is 2. The molecule has 170 valence electrons. The maximum Gasteiger partial charge on any atom is 0.295 e. The Balaban J connectivity index is 1.80. The van der Waals surface area contributed by atoms with Crippen molar-refractivity contribution in [2.75, 3.05) is 46.5 Å². The molecule has 0 bridgehead atoms. The zero-order chi connectivity index (χ0) is 22.8. The van der Waals surface area contributed by atoms with E-state index in [0.717, 1.165) is 13.1 Å². The predicted molar refractivity (Wildman–Crippen MR) is 117 cm³/mol. The summed E-state index contributed by atoms with van der Waals surface area (Å²) in [5.74, 6) is -1.02. The summed E-state index contributed by atoms with van der Waals surface area (Å²) in [5.41, 5.74) is 2.32. The van der Waals surface area contributed by atoms with Gasteiger partial charge in [0.05, 0.1) is 43.2 Å². The number of aliphatic hydroxyl groups excluding tert-OH is 1. The lowest BCUT2D eigenvalue weighted by Gasteiger charge is -2.31. The molecule has 1 atom stereocenters. The van der Waals surface area contributed by atoms with Gasteiger partial charge in [0.2, 0.25) is 0 Å². The molecule has 2 aromatic rings. The number of ether oxygens (including phenoxy) is 2. The lowest BCUT2D eigenvalue weighted by molar-refractivity contribution is -0.140. The van der Waals surface area contributed by atoms with E-state index in [1.807, 2.05) is 18.2 Å². The van der Waals surface area contributed by atoms with Gasteiger partial charge < -0.3 is 19.5 Å². The van der Waals surface area contributed by atoms with Crippen molar-refractivity contribution in [1.29, 1.82) is 0 Å². The Morgan fingerprint density at radius 1 is 1.22 bits per heavy atom. The van der Waals surface area contributed by atoms with E-state index in [1.165, 1.54) is 4.90 Å². The number of aryl methyl sites for hydroxylation is 2. The summed E-state index contributed by atoms with van der Waals surface area (Å²) < 4.78 is 10.9. The Morgan fingerprint density at radius 2 is 1.94 bits per heavy atom. The highest BCUT2D eigenvalue weighted by Gasteiger charge is 2.47. The maximum absolute atomic E-state index is 13.2. The molecule has 2 aliphatic rings. The van der Waals surface area contributed by atoms with Crippen LogP contribution in [0.25, 0.3) is 5.76 Å². The molecular weight excluding hydrogens is 412 g/mol. The van der Waals surface area contributed by atoms with E-state index in [4.69, 9.17) is 9.47 Å². The average Bonchev–Trinajstić information content (AvgIpc) is 3.28. The molecule has 2 saturated heterocycles. The number of likely N-dealkylation sites (tertiary alicyclic amines) is 1. The number of amides is 1. The molecule has 2 aliphatic heterocycles. The van der Waals surface area contributed by atoms with Gasteiger partial charge in [-0.2, -0.15) is 5.10 Å². The summed E-state index contributed by atoms with van der Waals surface area (Å²) in [6.07, 6.45) is 0. The van der Waals surface area contributed by atoms with Crippen molar-refractivity contribution >= 4 is 17.4 Å². The second-order valence-electron chi connectivity index (χ2n) is 8.00. The number of H-pyrrole nitrogens is 1. The monoisotopic (exact) mass is 440 g/mol. The number of Topliss-reactive ketones (excluding diaryl/α,β-unsaturated/α-hetero) is 1. The molecule has 4 rings (SSSR count). The van der Waals surface area contributed by atoms with Crippen LogP contribution < -0.4 is 4.74 Å². The summed E-state index contributed by atoms with van der Waals surface area (Å²) in [6.45, 7) is 7.29. The number of rotatable bonds is 6. The summed E-state index contributed by atoms with van der Waals surface area (Å²) in [4.78, 5) is 30.1. The number of carbonyl (C=O) groups is 2. The van der Waals surface area contributed by atoms with Crippen molar-refractivity contribution in [1.82, 2.24) is 20.0 Å². The summed E-state index contributed by atoms with van der Waals surface area (Å²) in [5, 5.41) is 18.2. The number of nitrogens with one attached hydrogen (secondary N) is 1. The topological polar surface area (TPSA) is 108 Å². The van der Waals surface area contributed by atoms with E-state index in [0.29, 0.717) is 54.6 Å². The van der Waals surface area contributed by atoms with E-state index in [9.17, 15) is 14.7 Å². The van der Waals surface area contributed by atoms with Crippen LogP contribution in [-0.2, 0) is 14.3 Å². The van der Waals surface area contributed by atoms with Crippen LogP contribution in [0.2, 0.25) is 0 Å². The molecule has 2 N–H and O–H groups in total. The second kappa shape index (κ2) is 9.13. The highest BCUT2D eigenvalue weighted by atomic mass is 16.5. The van der Waals surface area contributed by atoms with Crippen molar-refractivity contribution < 1.29 is 24.2 Å². The molecule has 1 aromatic carbocycles. The third-order valence-corrected chi connectivity index (χ3v) is 6.10. The van der Waals surface area contributed by atoms with Crippen LogP contribution in [-0.4, -0.2) is 83.3 Å². The maximum atomic E-state index is 13.2. The minimum absolute atomic E-state index is 0.0501. The van der Waals surface area contributed by atoms with Gasteiger partial charge in [-0.3, -0.25) is 19.6 Å². The number of hydrogen-bond acceptors (Lipinski definition) is 7. The number of nitrogens with zero attached hydrogens (tertiary/aromatic N) is 3. The van der Waals surface area contributed by atoms with Crippen LogP contribution >= 0.6 is 0 Å². The number of morpholine rings is 1. The molecule has 0 radical (unpaired) electrons. The zero-order valence-corrected chi connectivity index (χ0v) is 18.6. The minimum Gasteiger partial charge on any atom is -0.507 e. The van der Waals surface area contributed by atoms with Gasteiger partial charge in [-0.05, 0) is 19.9 Å². The molecule has 3 heterocycles. The third-order valence-electron chi connectivity index (χ3n) is 6.10. The van der Waals surface area contributed by atoms with Crippen molar-refractivity contribution in [2.45, 2.75) is 19.9 Å². The van der Waals surface area contributed by atoms with Gasteiger partial charge in [-0.15, -0.1) is 0 Å². The van der Waals surface area contributed by atoms with Crippen LogP contribution in [0.5, 0.6) is 5.75 Å². The van der Waals surface area contributed by atoms with E-state index >= 15 is 0 Å². The van der Waals surface area contributed by atoms with Gasteiger partial charge in [0, 0.05) is 37.4 Å². The molecule has 0 aliphatic carbocycles. The predicted octanol–water partition coefficient (Wildman–Crippen LogP) is 1.79. The summed E-state index contributed by atoms with van der Waals surface area (Å²) in [6, 6.07) is 6.49. The second-order valence-corrected chi connectivity index (χ2v) is 8.00. The molecule has 1 amide bonds. The average molecular weight is 441 g/mol. The molecule has 0 spiro atoms. The number of methoxy groups -OCH3 is 1. The summed E-state index contributed by atoms with van der Waals surface area (Å²) >= 11 is 0. The first-order valence-electron chi connectivity index (χ1n) is 10.7. The standard InChI is InChI=1S/C23H28N4O5/c1-14-18(15(2)25-24-14)21(28)19-20(16-6-4-5-7-17(16)31-3)27(23(30)22(19)29)9-8-26-10-12-32-13-11-26/h4-7,20,28H,8-13H2,1-3H3,(H,24,25)/b21-19+/t20-/m0/s1. The highest BCUT2D eigenvalue weighted by molar-refractivity contribution is 6.46. The first-order valence-corrected chi connectivity index (χ1v) is 10.7. The van der Waals surface area contributed by atoms with Crippen molar-refractivity contribution in [2.24, 2.45) is 0 Å². The first kappa shape index (κ1) is 22.0. The quantitative estimate of drug-likeness (QED) is 0.401. The first-order chi connectivity index (χ1) is 15.4. The molecule has 1 aromatic heterocycles. The van der Waals surface area contributed by atoms with E-state index in [2.05, 4.69) is 15.1 Å². The van der Waals surface area contributed by atoms with Crippen molar-refractivity contribution in [3.05, 3.63) is 52.4 Å². The smallest absolute Gasteiger partial charge is 0.295 e. The molecule has 2 fully saturated rings. The molecule has 9 heteroatoms. The van der Waals surface area contributed by atoms with Gasteiger partial charge in [0.1, 0.15) is 11.5 Å². The zero-order valence-electron chi connectivity index (χ0n) is 18.6. The number of aliphatic hydroxyl groups is 1. The van der Waals surface area contributed by atoms with E-state index < -0.39 is 17.7 Å². The molecule has 32 heavy (non-hydrogen) atoms. The van der Waals surface area contributed by atoms with Crippen molar-refractivity contribution in [3.63, 3.8) is 0 Å². The number of para-hydroxylation sites is 1. The van der Waals surface area contributed by atoms with Crippen LogP contribution in [0.15, 0.2) is 29.8 Å². The molecular formula is C23H28N4O5. The van der Waals surface area contributed by atoms with Gasteiger partial charge in [-0.1, -0.05) is 18.2 Å². The Hall–Kier alpha value is -3.17. The number of benzene rings is 1. The normalized spacial score (nSPS) is 21.3. The van der Waals surface area contributed by atoms with E-state index in [-0.39, 0.29) is 11.3 Å². The van der Waals surface area contributed by atoms with Gasteiger partial charge in [-0.25, -0.2) is 0 Å². The Bertz CT molecular complexity index is 1030. The Labute approximate surface area is 186 Å². The molecule has 0 unspecified atom stereocenters. The lowest BCUT2D eigenvalue weighted by Crippen LogP contribution is -2.42. The van der Waals surface area contributed by atoms with Crippen LogP contribution in [0.1, 0.15) is 28.6 Å². The van der Waals surface area contributed by atoms with E-state index in [1.54, 1.807) is 27.0 Å². The van der Waals surface area contributed by atoms with Crippen LogP contribution in [0.4, 0.5) is 0 Å². The van der Waals surface area contributed by atoms with Crippen molar-refractivity contribution in [3.8, 4) is 5.75 Å². The highest BCUT2D eigenvalue weighted by Crippen LogP contribution is 2.43. The minimum atomic E-state index is -0.763. The SMILES string of the molecule is COc1ccccc1[C@H]1/C(=C(\O)c2c(C)n[nH]c2C)C(=O)C(=O)N1CCN1CCOCC1. The summed E-state index contributed by atoms with van der Waals surface area (Å²) in [7, 11) is 1.54. The fourth-order valence-electron chi connectivity index (χ4n) is 4.43. The fourth-order valence-corrected chi connectivity index (χ4v) is 4.43. The molecule has 9 nitrogen and oxygen atoms in total. The van der Waals surface area contributed by atoms with Gasteiger partial charge in [0.25, 0.3) is 11.7 Å². The lowest BCUT2D eigenvalue weighted by atomic mass is 9.94. The van der Waals surface area contributed by atoms with Gasteiger partial charge >= 0.3 is 0 Å². The number of carbonyl (C=O) groups excluding carboxylic acids is 2. The van der Waals surface area contributed by atoms with Crippen LogP contribution in [0.3, 0.4) is 0 Å². The van der Waals surface area contributed by atoms with Crippen LogP contribution in [0, 0.1) is 13.8 Å². The largest absolute Gasteiger partial charge is 0.507 e. The third kappa shape index (κ3) is 3.89. The Morgan fingerprint density at radius 3 is 2.59 bits per heavy atom. The number of ketones is 1. The Kier molecular flexibility index (Phi) is 6.29.